The van der Waals surface area contributed by atoms with E-state index in [9.17, 15) is 4.79 Å². The van der Waals surface area contributed by atoms with Gasteiger partial charge in [-0.2, -0.15) is 0 Å². The Labute approximate surface area is 167 Å². The van der Waals surface area contributed by atoms with Crippen molar-refractivity contribution in [2.24, 2.45) is 5.92 Å². The van der Waals surface area contributed by atoms with Crippen molar-refractivity contribution in [1.29, 1.82) is 0 Å². The quantitative estimate of drug-likeness (QED) is 0.656. The number of carbonyl (C=O) groups excluding carboxylic acids is 1. The van der Waals surface area contributed by atoms with Crippen molar-refractivity contribution in [3.63, 3.8) is 0 Å². The molecule has 0 radical (unpaired) electrons. The molecule has 0 spiro atoms. The van der Waals surface area contributed by atoms with Crippen LogP contribution in [0.5, 0.6) is 0 Å². The first-order valence-electron chi connectivity index (χ1n) is 10.3. The van der Waals surface area contributed by atoms with Crippen LogP contribution < -0.4 is 0 Å². The zero-order chi connectivity index (χ0) is 18.7. The van der Waals surface area contributed by atoms with E-state index in [2.05, 4.69) is 47.4 Å². The monoisotopic (exact) mass is 381 g/mol. The summed E-state index contributed by atoms with van der Waals surface area (Å²) >= 11 is 6.06. The van der Waals surface area contributed by atoms with Crippen LogP contribution in [0.3, 0.4) is 0 Å². The second kappa shape index (κ2) is 8.06. The Morgan fingerprint density at radius 1 is 1.04 bits per heavy atom. The molecule has 1 saturated carbocycles. The van der Waals surface area contributed by atoms with Crippen molar-refractivity contribution in [1.82, 2.24) is 4.90 Å². The fraction of sp³-hybridized carbons (Fsp3) is 0.458. The summed E-state index contributed by atoms with van der Waals surface area (Å²) in [6.07, 6.45) is 7.72. The van der Waals surface area contributed by atoms with Gasteiger partial charge < -0.3 is 4.90 Å². The molecule has 1 aliphatic heterocycles. The highest BCUT2D eigenvalue weighted by Gasteiger charge is 2.48. The summed E-state index contributed by atoms with van der Waals surface area (Å²) in [6, 6.07) is 18.6. The van der Waals surface area contributed by atoms with Gasteiger partial charge in [0.05, 0.1) is 5.41 Å². The predicted octanol–water partition coefficient (Wildman–Crippen LogP) is 5.63. The largest absolute Gasteiger partial charge is 0.342 e. The molecule has 1 amide bonds. The number of benzene rings is 2. The molecule has 142 valence electrons. The standard InChI is InChI=1S/C24H28ClNO/c25-22-13-11-21(12-14-22)24(15-5-16-24)23(27)26-17-4-8-20(18-26)10-9-19-6-2-1-3-7-19/h1-3,6-7,11-14,20H,4-5,8-10,15-18H2. The molecular formula is C24H28ClNO. The van der Waals surface area contributed by atoms with Gasteiger partial charge in [0.15, 0.2) is 0 Å². The van der Waals surface area contributed by atoms with Crippen LogP contribution in [0.2, 0.25) is 5.02 Å². The highest BCUT2D eigenvalue weighted by Crippen LogP contribution is 2.46. The number of aryl methyl sites for hydroxylation is 1. The van der Waals surface area contributed by atoms with Crippen LogP contribution in [0, 0.1) is 5.92 Å². The van der Waals surface area contributed by atoms with E-state index in [0.717, 1.165) is 55.8 Å². The van der Waals surface area contributed by atoms with Gasteiger partial charge in [-0.25, -0.2) is 0 Å². The summed E-state index contributed by atoms with van der Waals surface area (Å²) in [5.74, 6) is 0.964. The van der Waals surface area contributed by atoms with Gasteiger partial charge in [0.2, 0.25) is 5.91 Å². The lowest BCUT2D eigenvalue weighted by Gasteiger charge is -2.46. The number of halogens is 1. The maximum atomic E-state index is 13.5. The Bertz CT molecular complexity index is 767. The predicted molar refractivity (Wildman–Crippen MR) is 111 cm³/mol. The molecule has 3 heteroatoms. The maximum Gasteiger partial charge on any atom is 0.233 e. The fourth-order valence-corrected chi connectivity index (χ4v) is 4.85. The van der Waals surface area contributed by atoms with E-state index in [1.807, 2.05) is 12.1 Å². The molecule has 2 aromatic carbocycles. The molecule has 4 rings (SSSR count). The van der Waals surface area contributed by atoms with Gasteiger partial charge in [0, 0.05) is 18.1 Å². The number of likely N-dealkylation sites (tertiary alicyclic amines) is 1. The van der Waals surface area contributed by atoms with E-state index in [1.165, 1.54) is 18.4 Å². The minimum atomic E-state index is -0.300. The third-order valence-corrected chi connectivity index (χ3v) is 6.76. The zero-order valence-electron chi connectivity index (χ0n) is 15.9. The lowest BCUT2D eigenvalue weighted by Crippen LogP contribution is -2.53. The molecule has 2 nitrogen and oxygen atoms in total. The van der Waals surface area contributed by atoms with E-state index in [4.69, 9.17) is 11.6 Å². The van der Waals surface area contributed by atoms with E-state index in [0.29, 0.717) is 11.8 Å². The third kappa shape index (κ3) is 3.91. The van der Waals surface area contributed by atoms with Crippen molar-refractivity contribution in [3.8, 4) is 0 Å². The molecular weight excluding hydrogens is 354 g/mol. The highest BCUT2D eigenvalue weighted by atomic mass is 35.5. The molecule has 1 atom stereocenters. The maximum absolute atomic E-state index is 13.5. The number of hydrogen-bond donors (Lipinski definition) is 0. The molecule has 0 N–H and O–H groups in total. The van der Waals surface area contributed by atoms with Gasteiger partial charge in [-0.15, -0.1) is 0 Å². The second-order valence-corrected chi connectivity index (χ2v) is 8.66. The number of piperidine rings is 1. The van der Waals surface area contributed by atoms with Crippen LogP contribution in [-0.2, 0) is 16.6 Å². The first-order valence-corrected chi connectivity index (χ1v) is 10.6. The molecule has 1 aliphatic carbocycles. The lowest BCUT2D eigenvalue weighted by molar-refractivity contribution is -0.142. The summed E-state index contributed by atoms with van der Waals surface area (Å²) in [7, 11) is 0. The Kier molecular flexibility index (Phi) is 5.54. The number of rotatable bonds is 5. The molecule has 0 aromatic heterocycles. The Hall–Kier alpha value is -1.80. The Morgan fingerprint density at radius 3 is 2.44 bits per heavy atom. The smallest absolute Gasteiger partial charge is 0.233 e. The third-order valence-electron chi connectivity index (χ3n) is 6.50. The molecule has 27 heavy (non-hydrogen) atoms. The number of amides is 1. The highest BCUT2D eigenvalue weighted by molar-refractivity contribution is 6.30. The van der Waals surface area contributed by atoms with Crippen molar-refractivity contribution < 1.29 is 4.79 Å². The topological polar surface area (TPSA) is 20.3 Å². The summed E-state index contributed by atoms with van der Waals surface area (Å²) in [5, 5.41) is 0.736. The average molecular weight is 382 g/mol. The van der Waals surface area contributed by atoms with Crippen molar-refractivity contribution >= 4 is 17.5 Å². The van der Waals surface area contributed by atoms with Crippen LogP contribution in [0.1, 0.15) is 49.7 Å². The van der Waals surface area contributed by atoms with Gasteiger partial charge in [-0.05, 0) is 67.7 Å². The Morgan fingerprint density at radius 2 is 1.78 bits per heavy atom. The Balaban J connectivity index is 1.42. The molecule has 2 aliphatic rings. The SMILES string of the molecule is O=C(N1CCCC(CCc2ccccc2)C1)C1(c2ccc(Cl)cc2)CCC1. The minimum absolute atomic E-state index is 0.300. The van der Waals surface area contributed by atoms with Crippen LogP contribution in [0.25, 0.3) is 0 Å². The molecule has 2 fully saturated rings. The second-order valence-electron chi connectivity index (χ2n) is 8.23. The lowest BCUT2D eigenvalue weighted by atomic mass is 9.63. The first kappa shape index (κ1) is 18.6. The van der Waals surface area contributed by atoms with E-state index in [-0.39, 0.29) is 5.41 Å². The fourth-order valence-electron chi connectivity index (χ4n) is 4.73. The molecule has 1 heterocycles. The molecule has 1 unspecified atom stereocenters. The summed E-state index contributed by atoms with van der Waals surface area (Å²) in [4.78, 5) is 15.7. The van der Waals surface area contributed by atoms with Crippen LogP contribution >= 0.6 is 11.6 Å². The van der Waals surface area contributed by atoms with Crippen molar-refractivity contribution in [2.75, 3.05) is 13.1 Å². The van der Waals surface area contributed by atoms with Gasteiger partial charge in [-0.1, -0.05) is 60.5 Å². The molecule has 2 aromatic rings. The molecule has 1 saturated heterocycles. The van der Waals surface area contributed by atoms with Gasteiger partial charge in [-0.3, -0.25) is 4.79 Å². The van der Waals surface area contributed by atoms with Crippen molar-refractivity contribution in [2.45, 2.75) is 50.4 Å². The molecule has 0 bridgehead atoms. The minimum Gasteiger partial charge on any atom is -0.342 e. The summed E-state index contributed by atoms with van der Waals surface area (Å²) in [5.41, 5.74) is 2.25. The number of nitrogens with zero attached hydrogens (tertiary/aromatic N) is 1. The van der Waals surface area contributed by atoms with Crippen molar-refractivity contribution in [3.05, 3.63) is 70.7 Å². The normalized spacial score (nSPS) is 21.5. The van der Waals surface area contributed by atoms with E-state index < -0.39 is 0 Å². The number of carbonyl (C=O) groups is 1. The van der Waals surface area contributed by atoms with Gasteiger partial charge in [0.1, 0.15) is 0 Å². The average Bonchev–Trinajstić information content (AvgIpc) is 2.68. The van der Waals surface area contributed by atoms with E-state index in [1.54, 1.807) is 0 Å². The van der Waals surface area contributed by atoms with Crippen LogP contribution in [-0.4, -0.2) is 23.9 Å². The zero-order valence-corrected chi connectivity index (χ0v) is 16.6. The van der Waals surface area contributed by atoms with Crippen LogP contribution in [0.15, 0.2) is 54.6 Å². The van der Waals surface area contributed by atoms with Crippen LogP contribution in [0.4, 0.5) is 0 Å². The number of hydrogen-bond acceptors (Lipinski definition) is 1. The summed E-state index contributed by atoms with van der Waals surface area (Å²) < 4.78 is 0. The first-order chi connectivity index (χ1) is 13.2. The van der Waals surface area contributed by atoms with Gasteiger partial charge in [0.25, 0.3) is 0 Å². The van der Waals surface area contributed by atoms with Gasteiger partial charge >= 0.3 is 0 Å². The van der Waals surface area contributed by atoms with E-state index >= 15 is 0 Å². The summed E-state index contributed by atoms with van der Waals surface area (Å²) in [6.45, 7) is 1.83.